The van der Waals surface area contributed by atoms with Gasteiger partial charge in [0.1, 0.15) is 18.0 Å². The van der Waals surface area contributed by atoms with Crippen molar-refractivity contribution in [3.8, 4) is 11.8 Å². The molecule has 2 rings (SSSR count). The van der Waals surface area contributed by atoms with Crippen LogP contribution < -0.4 is 11.4 Å². The molecule has 3 unspecified atom stereocenters. The number of phosphoric acid groups is 3. The number of hydrogen-bond donors (Lipinski definition) is 6. The predicted molar refractivity (Wildman–Crippen MR) is 97.7 cm³/mol. The van der Waals surface area contributed by atoms with E-state index in [0.29, 0.717) is 4.68 Å². The second-order valence-electron chi connectivity index (χ2n) is 5.91. The SMILES string of the molecule is CC#CC1(F)[C@@H](O)[C@@H](COP(=O)(O)OP(=O)(O)OP(=O)(O)O)O[C@H]1n1ncc(N)nc1=O. The van der Waals surface area contributed by atoms with Gasteiger partial charge in [-0.3, -0.25) is 4.52 Å². The molecule has 2 heterocycles. The summed E-state index contributed by atoms with van der Waals surface area (Å²) in [6.07, 6.45) is -5.21. The van der Waals surface area contributed by atoms with Crippen molar-refractivity contribution in [1.82, 2.24) is 14.8 Å². The van der Waals surface area contributed by atoms with Gasteiger partial charge in [0.15, 0.2) is 0 Å². The molecule has 0 aliphatic carbocycles. The maximum Gasteiger partial charge on any atom is 0.490 e. The van der Waals surface area contributed by atoms with Crippen LogP contribution in [-0.4, -0.2) is 63.9 Å². The van der Waals surface area contributed by atoms with Crippen molar-refractivity contribution in [3.63, 3.8) is 0 Å². The number of alkyl halides is 1. The molecule has 21 heteroatoms. The topological polar surface area (TPSA) is 263 Å². The molecule has 1 aromatic heterocycles. The molecular formula is C11H16FN4O13P3. The molecule has 0 aromatic carbocycles. The fourth-order valence-electron chi connectivity index (χ4n) is 2.44. The molecule has 0 bridgehead atoms. The summed E-state index contributed by atoms with van der Waals surface area (Å²) in [5, 5.41) is 13.8. The number of halogens is 1. The minimum atomic E-state index is -5.80. The monoisotopic (exact) mass is 524 g/mol. The van der Waals surface area contributed by atoms with E-state index in [1.54, 1.807) is 0 Å². The zero-order chi connectivity index (χ0) is 24.5. The highest BCUT2D eigenvalue weighted by atomic mass is 31.3. The van der Waals surface area contributed by atoms with Gasteiger partial charge in [0.2, 0.25) is 11.9 Å². The number of nitrogens with two attached hydrogens (primary N) is 1. The molecule has 0 amide bonds. The van der Waals surface area contributed by atoms with E-state index >= 15 is 4.39 Å². The number of anilines is 1. The fourth-order valence-corrected chi connectivity index (χ4v) is 5.47. The highest BCUT2D eigenvalue weighted by Crippen LogP contribution is 2.66. The molecule has 0 saturated carbocycles. The Hall–Kier alpha value is -1.57. The second-order valence-corrected chi connectivity index (χ2v) is 10.3. The Balaban J connectivity index is 2.23. The van der Waals surface area contributed by atoms with Crippen molar-refractivity contribution in [2.24, 2.45) is 0 Å². The summed E-state index contributed by atoms with van der Waals surface area (Å²) in [6.45, 7) is -0.00248. The maximum atomic E-state index is 15.4. The Bertz CT molecular complexity index is 1130. The third kappa shape index (κ3) is 6.49. The summed E-state index contributed by atoms with van der Waals surface area (Å²) in [5.41, 5.74) is 1.11. The molecule has 1 aliphatic rings. The Morgan fingerprint density at radius 3 is 2.44 bits per heavy atom. The van der Waals surface area contributed by atoms with E-state index in [2.05, 4.69) is 29.1 Å². The molecule has 1 saturated heterocycles. The number of nitrogens with zero attached hydrogens (tertiary/aromatic N) is 3. The van der Waals surface area contributed by atoms with Gasteiger partial charge >= 0.3 is 29.2 Å². The normalized spacial score (nSPS) is 29.5. The number of aliphatic hydroxyl groups excluding tert-OH is 1. The lowest BCUT2D eigenvalue weighted by molar-refractivity contribution is -0.0601. The Kier molecular flexibility index (Phi) is 7.80. The zero-order valence-corrected chi connectivity index (χ0v) is 18.3. The number of aromatic nitrogens is 3. The van der Waals surface area contributed by atoms with Crippen LogP contribution in [0.3, 0.4) is 0 Å². The van der Waals surface area contributed by atoms with E-state index in [1.807, 2.05) is 5.92 Å². The number of rotatable bonds is 8. The van der Waals surface area contributed by atoms with Crippen molar-refractivity contribution in [1.29, 1.82) is 0 Å². The van der Waals surface area contributed by atoms with Crippen molar-refractivity contribution >= 4 is 29.3 Å². The first-order valence-electron chi connectivity index (χ1n) is 7.96. The predicted octanol–water partition coefficient (Wildman–Crippen LogP) is -1.45. The van der Waals surface area contributed by atoms with Crippen LogP contribution >= 0.6 is 23.5 Å². The van der Waals surface area contributed by atoms with E-state index < -0.39 is 59.9 Å². The van der Waals surface area contributed by atoms with E-state index in [9.17, 15) is 28.5 Å². The highest BCUT2D eigenvalue weighted by Gasteiger charge is 2.59. The van der Waals surface area contributed by atoms with Crippen molar-refractivity contribution in [3.05, 3.63) is 16.7 Å². The molecule has 0 radical (unpaired) electrons. The highest BCUT2D eigenvalue weighted by molar-refractivity contribution is 7.66. The van der Waals surface area contributed by atoms with Crippen LogP contribution in [0.15, 0.2) is 11.0 Å². The third-order valence-corrected chi connectivity index (χ3v) is 7.34. The van der Waals surface area contributed by atoms with Crippen LogP contribution in [0, 0.1) is 11.8 Å². The molecule has 1 aliphatic heterocycles. The minimum absolute atomic E-state index is 0.306. The van der Waals surface area contributed by atoms with Gasteiger partial charge < -0.3 is 35.2 Å². The molecule has 180 valence electrons. The third-order valence-electron chi connectivity index (χ3n) is 3.54. The smallest absolute Gasteiger partial charge is 0.386 e. The number of hydrogen-bond acceptors (Lipinski definition) is 12. The van der Waals surface area contributed by atoms with E-state index in [4.69, 9.17) is 25.2 Å². The molecule has 32 heavy (non-hydrogen) atoms. The molecule has 1 fully saturated rings. The largest absolute Gasteiger partial charge is 0.490 e. The van der Waals surface area contributed by atoms with Crippen LogP contribution in [0.2, 0.25) is 0 Å². The summed E-state index contributed by atoms with van der Waals surface area (Å²) >= 11 is 0. The quantitative estimate of drug-likeness (QED) is 0.168. The van der Waals surface area contributed by atoms with Gasteiger partial charge in [0.05, 0.1) is 12.8 Å². The van der Waals surface area contributed by atoms with Gasteiger partial charge in [-0.15, -0.1) is 5.92 Å². The lowest BCUT2D eigenvalue weighted by Crippen LogP contribution is -2.45. The molecule has 6 atom stereocenters. The molecular weight excluding hydrogens is 508 g/mol. The van der Waals surface area contributed by atoms with Crippen LogP contribution in [-0.2, 0) is 31.6 Å². The van der Waals surface area contributed by atoms with Crippen molar-refractivity contribution in [2.75, 3.05) is 12.3 Å². The van der Waals surface area contributed by atoms with Gasteiger partial charge in [-0.2, -0.15) is 23.4 Å². The number of aliphatic hydroxyl groups is 1. The molecule has 7 N–H and O–H groups in total. The van der Waals surface area contributed by atoms with Crippen molar-refractivity contribution < 1.29 is 60.6 Å². The zero-order valence-electron chi connectivity index (χ0n) is 15.7. The van der Waals surface area contributed by atoms with Gasteiger partial charge in [-0.1, -0.05) is 5.92 Å². The van der Waals surface area contributed by atoms with Crippen LogP contribution in [0.5, 0.6) is 0 Å². The van der Waals surface area contributed by atoms with Gasteiger partial charge in [-0.05, 0) is 6.92 Å². The number of nitrogen functional groups attached to an aromatic ring is 1. The summed E-state index contributed by atoms with van der Waals surface area (Å²) in [6, 6.07) is 0. The van der Waals surface area contributed by atoms with Crippen LogP contribution in [0.1, 0.15) is 13.2 Å². The summed E-state index contributed by atoms with van der Waals surface area (Å²) in [7, 11) is -17.0. The first-order chi connectivity index (χ1) is 14.5. The molecule has 0 spiro atoms. The first kappa shape index (κ1) is 26.7. The number of phosphoric ester groups is 1. The number of ether oxygens (including phenoxy) is 1. The maximum absolute atomic E-state index is 15.4. The van der Waals surface area contributed by atoms with Gasteiger partial charge in [0, 0.05) is 0 Å². The standard InChI is InChI=1S/C11H16FN4O13P3/c1-2-3-11(12)8(17)6(27-9(11)16-10(18)15-7(13)4-14-16)5-26-31(22,23)29-32(24,25)28-30(19,20)21/h4,6,8-9,17H,5H2,1H3,(H,22,23)(H,24,25)(H2,13,15,18)(H2,19,20,21)/t6-,8+,9-,11?/m1/s1. The lowest BCUT2D eigenvalue weighted by Gasteiger charge is -2.23. The Morgan fingerprint density at radius 2 is 1.91 bits per heavy atom. The summed E-state index contributed by atoms with van der Waals surface area (Å²) in [5.74, 6) is 3.86. The van der Waals surface area contributed by atoms with Gasteiger partial charge in [-0.25, -0.2) is 22.9 Å². The van der Waals surface area contributed by atoms with Crippen molar-refractivity contribution in [2.45, 2.75) is 31.0 Å². The van der Waals surface area contributed by atoms with Crippen LogP contribution in [0.4, 0.5) is 10.2 Å². The minimum Gasteiger partial charge on any atom is -0.386 e. The Labute approximate surface area is 177 Å². The fraction of sp³-hybridized carbons (Fsp3) is 0.545. The first-order valence-corrected chi connectivity index (χ1v) is 12.5. The lowest BCUT2D eigenvalue weighted by atomic mass is 9.97. The van der Waals surface area contributed by atoms with E-state index in [0.717, 1.165) is 6.20 Å². The Morgan fingerprint density at radius 1 is 1.28 bits per heavy atom. The van der Waals surface area contributed by atoms with Gasteiger partial charge in [0.25, 0.3) is 0 Å². The molecule has 1 aromatic rings. The second kappa shape index (κ2) is 9.35. The van der Waals surface area contributed by atoms with E-state index in [1.165, 1.54) is 6.92 Å². The molecule has 17 nitrogen and oxygen atoms in total. The van der Waals surface area contributed by atoms with Crippen LogP contribution in [0.25, 0.3) is 0 Å². The average molecular weight is 524 g/mol. The summed E-state index contributed by atoms with van der Waals surface area (Å²) < 4.78 is 66.1. The summed E-state index contributed by atoms with van der Waals surface area (Å²) in [4.78, 5) is 50.9. The van der Waals surface area contributed by atoms with E-state index in [-0.39, 0.29) is 5.82 Å². The average Bonchev–Trinajstić information content (AvgIpc) is 2.82.